The summed E-state index contributed by atoms with van der Waals surface area (Å²) >= 11 is 0. The Hall–Kier alpha value is -0.120. The first-order valence-electron chi connectivity index (χ1n) is 8.32. The molecule has 20 heavy (non-hydrogen) atoms. The molecule has 3 nitrogen and oxygen atoms in total. The summed E-state index contributed by atoms with van der Waals surface area (Å²) in [5.41, 5.74) is 0.781. The Kier molecular flexibility index (Phi) is 4.83. The van der Waals surface area contributed by atoms with Gasteiger partial charge < -0.3 is 15.1 Å². The minimum atomic E-state index is 0.390. The van der Waals surface area contributed by atoms with Gasteiger partial charge in [0, 0.05) is 25.7 Å². The monoisotopic (exact) mass is 281 g/mol. The fourth-order valence-corrected chi connectivity index (χ4v) is 4.38. The molecule has 2 saturated heterocycles. The first-order chi connectivity index (χ1) is 9.22. The van der Waals surface area contributed by atoms with Crippen LogP contribution in [0.1, 0.15) is 40.5 Å². The summed E-state index contributed by atoms with van der Waals surface area (Å²) in [7, 11) is 4.60. The molecule has 3 heteroatoms. The van der Waals surface area contributed by atoms with Crippen molar-refractivity contribution in [3.05, 3.63) is 0 Å². The summed E-state index contributed by atoms with van der Waals surface area (Å²) in [5, 5.41) is 3.63. The van der Waals surface area contributed by atoms with Gasteiger partial charge in [0.05, 0.1) is 0 Å². The zero-order valence-corrected chi connectivity index (χ0v) is 14.5. The normalized spacial score (nSPS) is 28.9. The number of hydrogen-bond acceptors (Lipinski definition) is 3. The third-order valence-corrected chi connectivity index (χ3v) is 5.83. The van der Waals surface area contributed by atoms with E-state index in [1.807, 2.05) is 0 Å². The third kappa shape index (κ3) is 3.55. The molecule has 0 unspecified atom stereocenters. The molecule has 0 aromatic heterocycles. The summed E-state index contributed by atoms with van der Waals surface area (Å²) in [6.45, 7) is 15.8. The molecule has 118 valence electrons. The van der Waals surface area contributed by atoms with Gasteiger partial charge >= 0.3 is 0 Å². The Morgan fingerprint density at radius 1 is 1.05 bits per heavy atom. The van der Waals surface area contributed by atoms with Gasteiger partial charge in [-0.3, -0.25) is 0 Å². The van der Waals surface area contributed by atoms with Crippen LogP contribution in [0.3, 0.4) is 0 Å². The maximum Gasteiger partial charge on any atom is 0.0117 e. The van der Waals surface area contributed by atoms with Gasteiger partial charge in [-0.05, 0) is 56.8 Å². The van der Waals surface area contributed by atoms with E-state index in [1.165, 1.54) is 32.5 Å². The van der Waals surface area contributed by atoms with E-state index in [2.05, 4.69) is 56.9 Å². The highest BCUT2D eigenvalue weighted by Gasteiger charge is 2.44. The van der Waals surface area contributed by atoms with Gasteiger partial charge in [-0.1, -0.05) is 27.7 Å². The van der Waals surface area contributed by atoms with Crippen LogP contribution in [0, 0.1) is 16.7 Å². The van der Waals surface area contributed by atoms with Crippen LogP contribution in [-0.2, 0) is 0 Å². The van der Waals surface area contributed by atoms with Crippen LogP contribution in [0.2, 0.25) is 0 Å². The van der Waals surface area contributed by atoms with Crippen LogP contribution in [0.25, 0.3) is 0 Å². The fourth-order valence-electron chi connectivity index (χ4n) is 4.38. The highest BCUT2D eigenvalue weighted by molar-refractivity contribution is 4.97. The van der Waals surface area contributed by atoms with E-state index in [9.17, 15) is 0 Å². The van der Waals surface area contributed by atoms with E-state index in [0.717, 1.165) is 25.0 Å². The summed E-state index contributed by atoms with van der Waals surface area (Å²) in [5.74, 6) is 0.765. The molecule has 0 spiro atoms. The molecule has 2 fully saturated rings. The van der Waals surface area contributed by atoms with E-state index >= 15 is 0 Å². The number of likely N-dealkylation sites (tertiary alicyclic amines) is 1. The van der Waals surface area contributed by atoms with Gasteiger partial charge in [-0.15, -0.1) is 0 Å². The van der Waals surface area contributed by atoms with E-state index in [-0.39, 0.29) is 0 Å². The summed E-state index contributed by atoms with van der Waals surface area (Å²) in [6, 6.07) is 0.785. The van der Waals surface area contributed by atoms with Crippen molar-refractivity contribution >= 4 is 0 Å². The van der Waals surface area contributed by atoms with Crippen molar-refractivity contribution in [1.29, 1.82) is 0 Å². The average molecular weight is 281 g/mol. The summed E-state index contributed by atoms with van der Waals surface area (Å²) in [6.07, 6.45) is 2.66. The van der Waals surface area contributed by atoms with Crippen molar-refractivity contribution in [3.8, 4) is 0 Å². The smallest absolute Gasteiger partial charge is 0.0117 e. The first-order valence-corrected chi connectivity index (χ1v) is 8.32. The van der Waals surface area contributed by atoms with Crippen LogP contribution in [-0.4, -0.2) is 62.7 Å². The van der Waals surface area contributed by atoms with Crippen LogP contribution in [0.4, 0.5) is 0 Å². The Bertz CT molecular complexity index is 300. The highest BCUT2D eigenvalue weighted by atomic mass is 15.2. The van der Waals surface area contributed by atoms with E-state index in [1.54, 1.807) is 0 Å². The zero-order chi connectivity index (χ0) is 15.0. The average Bonchev–Trinajstić information content (AvgIpc) is 2.34. The van der Waals surface area contributed by atoms with Crippen LogP contribution < -0.4 is 5.32 Å². The maximum absolute atomic E-state index is 3.63. The Morgan fingerprint density at radius 3 is 2.05 bits per heavy atom. The molecule has 2 rings (SSSR count). The number of nitrogens with zero attached hydrogens (tertiary/aromatic N) is 2. The second kappa shape index (κ2) is 5.94. The molecule has 0 amide bonds. The van der Waals surface area contributed by atoms with E-state index < -0.39 is 0 Å². The SMILES string of the molecule is CN1CCC(N(C)CC2C(C)(C)CNCC2(C)C)CC1. The predicted molar refractivity (Wildman–Crippen MR) is 87.1 cm³/mol. The second-order valence-electron chi connectivity index (χ2n) is 8.61. The van der Waals surface area contributed by atoms with E-state index in [4.69, 9.17) is 0 Å². The molecule has 2 aliphatic heterocycles. The number of rotatable bonds is 3. The molecule has 0 atom stereocenters. The van der Waals surface area contributed by atoms with E-state index in [0.29, 0.717) is 10.8 Å². The lowest BCUT2D eigenvalue weighted by Crippen LogP contribution is -2.57. The largest absolute Gasteiger partial charge is 0.316 e. The van der Waals surface area contributed by atoms with Crippen molar-refractivity contribution in [3.63, 3.8) is 0 Å². The molecular weight excluding hydrogens is 246 g/mol. The molecule has 0 aromatic rings. The highest BCUT2D eigenvalue weighted by Crippen LogP contribution is 2.43. The molecule has 1 N–H and O–H groups in total. The Balaban J connectivity index is 1.99. The van der Waals surface area contributed by atoms with Crippen molar-refractivity contribution in [2.75, 3.05) is 46.8 Å². The Labute approximate surface area is 126 Å². The zero-order valence-electron chi connectivity index (χ0n) is 14.5. The maximum atomic E-state index is 3.63. The van der Waals surface area contributed by atoms with Crippen molar-refractivity contribution in [2.24, 2.45) is 16.7 Å². The minimum Gasteiger partial charge on any atom is -0.316 e. The summed E-state index contributed by atoms with van der Waals surface area (Å²) in [4.78, 5) is 5.12. The van der Waals surface area contributed by atoms with Gasteiger partial charge in [-0.25, -0.2) is 0 Å². The topological polar surface area (TPSA) is 18.5 Å². The predicted octanol–water partition coefficient (Wildman–Crippen LogP) is 2.28. The summed E-state index contributed by atoms with van der Waals surface area (Å²) < 4.78 is 0. The standard InChI is InChI=1S/C17H35N3/c1-16(2)12-18-13-17(3,4)15(16)11-20(6)14-7-9-19(5)10-8-14/h14-15,18H,7-13H2,1-6H3. The molecule has 0 aromatic carbocycles. The van der Waals surface area contributed by atoms with Gasteiger partial charge in [0.2, 0.25) is 0 Å². The molecule has 2 aliphatic rings. The quantitative estimate of drug-likeness (QED) is 0.856. The van der Waals surface area contributed by atoms with Crippen molar-refractivity contribution < 1.29 is 0 Å². The second-order valence-corrected chi connectivity index (χ2v) is 8.61. The molecule has 0 bridgehead atoms. The first kappa shape index (κ1) is 16.3. The fraction of sp³-hybridized carbons (Fsp3) is 1.00. The third-order valence-electron chi connectivity index (χ3n) is 5.83. The Morgan fingerprint density at radius 2 is 1.55 bits per heavy atom. The van der Waals surface area contributed by atoms with Crippen molar-refractivity contribution in [2.45, 2.75) is 46.6 Å². The lowest BCUT2D eigenvalue weighted by atomic mass is 9.62. The lowest BCUT2D eigenvalue weighted by Gasteiger charge is -2.52. The van der Waals surface area contributed by atoms with Gasteiger partial charge in [0.25, 0.3) is 0 Å². The lowest BCUT2D eigenvalue weighted by molar-refractivity contribution is -0.00515. The van der Waals surface area contributed by atoms with Crippen LogP contribution in [0.15, 0.2) is 0 Å². The van der Waals surface area contributed by atoms with Gasteiger partial charge in [0.15, 0.2) is 0 Å². The van der Waals surface area contributed by atoms with Gasteiger partial charge in [0.1, 0.15) is 0 Å². The number of hydrogen-bond donors (Lipinski definition) is 1. The molecular formula is C17H35N3. The molecule has 0 aliphatic carbocycles. The number of piperidine rings is 2. The van der Waals surface area contributed by atoms with Crippen LogP contribution in [0.5, 0.6) is 0 Å². The van der Waals surface area contributed by atoms with Crippen molar-refractivity contribution in [1.82, 2.24) is 15.1 Å². The molecule has 2 heterocycles. The number of nitrogens with one attached hydrogen (secondary N) is 1. The molecule has 0 radical (unpaired) electrons. The molecule has 0 saturated carbocycles. The minimum absolute atomic E-state index is 0.390. The van der Waals surface area contributed by atoms with Gasteiger partial charge in [-0.2, -0.15) is 0 Å². The van der Waals surface area contributed by atoms with Crippen LogP contribution >= 0.6 is 0 Å².